The molecule has 3 amide bonds. The van der Waals surface area contributed by atoms with Crippen LogP contribution in [0.25, 0.3) is 11.1 Å². The van der Waals surface area contributed by atoms with E-state index in [9.17, 15) is 27.2 Å². The van der Waals surface area contributed by atoms with Crippen LogP contribution in [0.2, 0.25) is 0 Å². The molecule has 2 heterocycles. The van der Waals surface area contributed by atoms with Gasteiger partial charge < -0.3 is 14.7 Å². The first-order valence-corrected chi connectivity index (χ1v) is 9.83. The second-order valence-corrected chi connectivity index (χ2v) is 7.57. The van der Waals surface area contributed by atoms with E-state index < -0.39 is 29.3 Å². The molecule has 0 saturated heterocycles. The summed E-state index contributed by atoms with van der Waals surface area (Å²) in [4.78, 5) is 30.9. The maximum atomic E-state index is 13.6. The molecule has 33 heavy (non-hydrogen) atoms. The van der Waals surface area contributed by atoms with E-state index >= 15 is 0 Å². The Bertz CT molecular complexity index is 1180. The van der Waals surface area contributed by atoms with Gasteiger partial charge in [-0.3, -0.25) is 4.79 Å². The highest BCUT2D eigenvalue weighted by molar-refractivity contribution is 6.12. The normalized spacial score (nSPS) is 11.8. The number of hydrogen-bond acceptors (Lipinski definition) is 6. The molecule has 3 rings (SSSR count). The van der Waals surface area contributed by atoms with E-state index in [4.69, 9.17) is 4.52 Å². The number of alkyl halides is 3. The van der Waals surface area contributed by atoms with Crippen molar-refractivity contribution >= 4 is 34.9 Å². The highest BCUT2D eigenvalue weighted by atomic mass is 19.4. The summed E-state index contributed by atoms with van der Waals surface area (Å²) in [5.74, 6) is -1.52. The van der Waals surface area contributed by atoms with Crippen molar-refractivity contribution in [1.82, 2.24) is 15.0 Å². The van der Waals surface area contributed by atoms with Crippen molar-refractivity contribution in [3.8, 4) is 0 Å². The molecule has 0 bridgehead atoms. The average Bonchev–Trinajstić information content (AvgIpc) is 3.11. The monoisotopic (exact) mass is 467 g/mol. The third-order valence-electron chi connectivity index (χ3n) is 4.91. The van der Waals surface area contributed by atoms with Gasteiger partial charge in [0, 0.05) is 0 Å². The second-order valence-electron chi connectivity index (χ2n) is 7.57. The SMILES string of the molecule is Cc1noc2ncc(NC(=O)N(C=O)c3ccc(F)c(C(F)(F)F)c3)c(CCCN(C)C)c12. The van der Waals surface area contributed by atoms with Crippen molar-refractivity contribution in [2.24, 2.45) is 0 Å². The molecule has 176 valence electrons. The summed E-state index contributed by atoms with van der Waals surface area (Å²) in [6, 6.07) is 0.812. The van der Waals surface area contributed by atoms with Crippen LogP contribution in [0.5, 0.6) is 0 Å². The summed E-state index contributed by atoms with van der Waals surface area (Å²) in [6.07, 6.45) is -2.41. The van der Waals surface area contributed by atoms with E-state index in [1.54, 1.807) is 6.92 Å². The molecule has 1 aromatic carbocycles. The van der Waals surface area contributed by atoms with Crippen molar-refractivity contribution in [2.45, 2.75) is 25.9 Å². The lowest BCUT2D eigenvalue weighted by Crippen LogP contribution is -2.34. The van der Waals surface area contributed by atoms with Crippen molar-refractivity contribution in [2.75, 3.05) is 30.9 Å². The molecule has 0 fully saturated rings. The van der Waals surface area contributed by atoms with Gasteiger partial charge in [-0.05, 0) is 64.2 Å². The number of hydrogen-bond donors (Lipinski definition) is 1. The number of amides is 3. The molecule has 0 aliphatic carbocycles. The van der Waals surface area contributed by atoms with Crippen LogP contribution in [0, 0.1) is 12.7 Å². The van der Waals surface area contributed by atoms with Gasteiger partial charge in [0.15, 0.2) is 0 Å². The smallest absolute Gasteiger partial charge is 0.336 e. The number of carbonyl (C=O) groups is 2. The van der Waals surface area contributed by atoms with E-state index in [2.05, 4.69) is 15.5 Å². The Morgan fingerprint density at radius 1 is 1.27 bits per heavy atom. The maximum absolute atomic E-state index is 13.6. The van der Waals surface area contributed by atoms with Crippen LogP contribution in [0.4, 0.5) is 33.7 Å². The molecule has 8 nitrogen and oxygen atoms in total. The van der Waals surface area contributed by atoms with Gasteiger partial charge in [-0.15, -0.1) is 0 Å². The summed E-state index contributed by atoms with van der Waals surface area (Å²) in [5, 5.41) is 7.01. The van der Waals surface area contributed by atoms with E-state index in [1.165, 1.54) is 6.20 Å². The highest BCUT2D eigenvalue weighted by Crippen LogP contribution is 2.34. The van der Waals surface area contributed by atoms with Gasteiger partial charge in [0.1, 0.15) is 5.82 Å². The molecule has 1 N–H and O–H groups in total. The van der Waals surface area contributed by atoms with Gasteiger partial charge >= 0.3 is 12.2 Å². The molecule has 3 aromatic rings. The number of nitrogens with one attached hydrogen (secondary N) is 1. The Morgan fingerprint density at radius 3 is 2.64 bits per heavy atom. The lowest BCUT2D eigenvalue weighted by molar-refractivity contribution is -0.140. The minimum absolute atomic E-state index is 0.0467. The quantitative estimate of drug-likeness (QED) is 0.410. The fourth-order valence-corrected chi connectivity index (χ4v) is 3.35. The Labute approximate surface area is 186 Å². The molecule has 0 unspecified atom stereocenters. The van der Waals surface area contributed by atoms with Crippen molar-refractivity contribution < 1.29 is 31.7 Å². The van der Waals surface area contributed by atoms with Gasteiger partial charge in [0.25, 0.3) is 5.71 Å². The summed E-state index contributed by atoms with van der Waals surface area (Å²) < 4.78 is 57.9. The Hall–Kier alpha value is -3.54. The van der Waals surface area contributed by atoms with Crippen LogP contribution >= 0.6 is 0 Å². The minimum atomic E-state index is -4.99. The number of anilines is 2. The second kappa shape index (κ2) is 9.53. The number of rotatable bonds is 7. The summed E-state index contributed by atoms with van der Waals surface area (Å²) >= 11 is 0. The largest absolute Gasteiger partial charge is 0.419 e. The molecule has 0 aliphatic heterocycles. The van der Waals surface area contributed by atoms with Crippen molar-refractivity contribution in [3.05, 3.63) is 47.0 Å². The van der Waals surface area contributed by atoms with Gasteiger partial charge in [0.05, 0.1) is 34.2 Å². The number of urea groups is 1. The molecule has 12 heteroatoms. The molecular weight excluding hydrogens is 446 g/mol. The fourth-order valence-electron chi connectivity index (χ4n) is 3.35. The first-order valence-electron chi connectivity index (χ1n) is 9.83. The lowest BCUT2D eigenvalue weighted by atomic mass is 10.0. The number of carbonyl (C=O) groups excluding carboxylic acids is 2. The molecule has 2 aromatic heterocycles. The van der Waals surface area contributed by atoms with Gasteiger partial charge in [-0.1, -0.05) is 5.16 Å². The van der Waals surface area contributed by atoms with Gasteiger partial charge in [0.2, 0.25) is 6.41 Å². The zero-order valence-corrected chi connectivity index (χ0v) is 18.0. The third kappa shape index (κ3) is 5.28. The number of fused-ring (bicyclic) bond motifs is 1. The lowest BCUT2D eigenvalue weighted by Gasteiger charge is -2.20. The Morgan fingerprint density at radius 2 is 2.00 bits per heavy atom. The molecule has 0 spiro atoms. The average molecular weight is 467 g/mol. The molecule has 0 radical (unpaired) electrons. The van der Waals surface area contributed by atoms with Crippen LogP contribution in [0.3, 0.4) is 0 Å². The van der Waals surface area contributed by atoms with E-state index in [0.717, 1.165) is 12.6 Å². The van der Waals surface area contributed by atoms with Crippen LogP contribution < -0.4 is 10.2 Å². The van der Waals surface area contributed by atoms with Crippen LogP contribution in [-0.2, 0) is 17.4 Å². The van der Waals surface area contributed by atoms with E-state index in [0.29, 0.717) is 46.5 Å². The minimum Gasteiger partial charge on any atom is -0.336 e. The maximum Gasteiger partial charge on any atom is 0.419 e. The number of imide groups is 1. The molecule has 0 saturated carbocycles. The number of benzene rings is 1. The standard InChI is InChI=1S/C21H21F4N5O3/c1-12-18-14(5-4-8-29(2)3)17(10-26-19(18)33-28-12)27-20(32)30(11-31)13-6-7-16(22)15(9-13)21(23,24)25/h6-7,9-11H,4-5,8H2,1-3H3,(H,27,32). The number of halogens is 4. The zero-order chi connectivity index (χ0) is 24.3. The highest BCUT2D eigenvalue weighted by Gasteiger charge is 2.35. The molecular formula is C21H21F4N5O3. The van der Waals surface area contributed by atoms with Gasteiger partial charge in [-0.25, -0.2) is 19.1 Å². The topological polar surface area (TPSA) is 91.6 Å². The van der Waals surface area contributed by atoms with Crippen LogP contribution in [-0.4, -0.2) is 48.1 Å². The van der Waals surface area contributed by atoms with Crippen LogP contribution in [0.15, 0.2) is 28.9 Å². The first-order chi connectivity index (χ1) is 15.5. The van der Waals surface area contributed by atoms with E-state index in [1.807, 2.05) is 19.0 Å². The van der Waals surface area contributed by atoms with Crippen molar-refractivity contribution in [3.63, 3.8) is 0 Å². The van der Waals surface area contributed by atoms with Crippen molar-refractivity contribution in [1.29, 1.82) is 0 Å². The number of aromatic nitrogens is 2. The van der Waals surface area contributed by atoms with Crippen LogP contribution in [0.1, 0.15) is 23.2 Å². The molecule has 0 atom stereocenters. The fraction of sp³-hybridized carbons (Fsp3) is 0.333. The van der Waals surface area contributed by atoms with E-state index in [-0.39, 0.29) is 17.8 Å². The number of nitrogens with zero attached hydrogens (tertiary/aromatic N) is 4. The summed E-state index contributed by atoms with van der Waals surface area (Å²) in [7, 11) is 3.82. The first kappa shape index (κ1) is 24.1. The zero-order valence-electron chi connectivity index (χ0n) is 18.0. The number of aryl methyl sites for hydroxylation is 2. The Balaban J connectivity index is 1.95. The summed E-state index contributed by atoms with van der Waals surface area (Å²) in [5.41, 5.74) is -0.301. The summed E-state index contributed by atoms with van der Waals surface area (Å²) in [6.45, 7) is 2.46. The third-order valence-corrected chi connectivity index (χ3v) is 4.91. The predicted molar refractivity (Wildman–Crippen MR) is 112 cm³/mol. The number of pyridine rings is 1. The van der Waals surface area contributed by atoms with Gasteiger partial charge in [-0.2, -0.15) is 13.2 Å². The molecule has 0 aliphatic rings. The predicted octanol–water partition coefficient (Wildman–Crippen LogP) is 4.38. The Kier molecular flexibility index (Phi) is 6.96.